The summed E-state index contributed by atoms with van der Waals surface area (Å²) in [6.45, 7) is 8.50. The number of nitrogens with two attached hydrogens (primary N) is 1. The van der Waals surface area contributed by atoms with E-state index in [4.69, 9.17) is 10.6 Å². The van der Waals surface area contributed by atoms with Gasteiger partial charge in [-0.2, -0.15) is 0 Å². The highest BCUT2D eigenvalue weighted by atomic mass is 16.5. The zero-order chi connectivity index (χ0) is 14.6. The van der Waals surface area contributed by atoms with Crippen molar-refractivity contribution in [2.45, 2.75) is 51.5 Å². The lowest BCUT2D eigenvalue weighted by Crippen LogP contribution is -2.31. The zero-order valence-electron chi connectivity index (χ0n) is 13.0. The van der Waals surface area contributed by atoms with E-state index in [1.807, 2.05) is 0 Å². The Labute approximate surface area is 122 Å². The summed E-state index contributed by atoms with van der Waals surface area (Å²) >= 11 is 0. The largest absolute Gasteiger partial charge is 0.381 e. The molecule has 1 fully saturated rings. The summed E-state index contributed by atoms with van der Waals surface area (Å²) in [6.07, 6.45) is 3.39. The quantitative estimate of drug-likeness (QED) is 0.655. The molecule has 1 aliphatic rings. The van der Waals surface area contributed by atoms with Crippen molar-refractivity contribution in [2.24, 2.45) is 11.8 Å². The van der Waals surface area contributed by atoms with Crippen LogP contribution >= 0.6 is 0 Å². The average Bonchev–Trinajstić information content (AvgIpc) is 2.45. The summed E-state index contributed by atoms with van der Waals surface area (Å²) in [7, 11) is 0. The van der Waals surface area contributed by atoms with Gasteiger partial charge in [0.25, 0.3) is 0 Å². The minimum atomic E-state index is 0.199. The maximum atomic E-state index is 5.76. The van der Waals surface area contributed by atoms with Crippen molar-refractivity contribution in [3.05, 3.63) is 35.4 Å². The fraction of sp³-hybridized carbons (Fsp3) is 0.647. The third-order valence-corrected chi connectivity index (χ3v) is 4.29. The molecule has 3 nitrogen and oxygen atoms in total. The topological polar surface area (TPSA) is 47.3 Å². The standard InChI is InChI=1S/C17H28N2O/c1-17(2,3)15-6-4-14(5-7-15)16(19-18)12-13-8-10-20-11-9-13/h4-7,13,16,19H,8-12,18H2,1-3H3. The smallest absolute Gasteiger partial charge is 0.0468 e. The van der Waals surface area contributed by atoms with E-state index in [0.29, 0.717) is 5.92 Å². The van der Waals surface area contributed by atoms with Crippen LogP contribution in [0.5, 0.6) is 0 Å². The molecule has 1 atom stereocenters. The number of ether oxygens (including phenoxy) is 1. The van der Waals surface area contributed by atoms with Gasteiger partial charge >= 0.3 is 0 Å². The second-order valence-electron chi connectivity index (χ2n) is 6.88. The van der Waals surface area contributed by atoms with E-state index >= 15 is 0 Å². The number of benzene rings is 1. The summed E-state index contributed by atoms with van der Waals surface area (Å²) in [5.41, 5.74) is 5.83. The van der Waals surface area contributed by atoms with Crippen LogP contribution in [0.25, 0.3) is 0 Å². The molecule has 1 aliphatic heterocycles. The van der Waals surface area contributed by atoms with Crippen LogP contribution in [0.15, 0.2) is 24.3 Å². The van der Waals surface area contributed by atoms with Crippen LogP contribution in [0.1, 0.15) is 57.2 Å². The van der Waals surface area contributed by atoms with Crippen molar-refractivity contribution in [1.82, 2.24) is 5.43 Å². The Morgan fingerprint density at radius 2 is 1.80 bits per heavy atom. The van der Waals surface area contributed by atoms with Gasteiger partial charge in [-0.1, -0.05) is 45.0 Å². The Bertz CT molecular complexity index is 402. The van der Waals surface area contributed by atoms with E-state index in [2.05, 4.69) is 50.5 Å². The first-order valence-electron chi connectivity index (χ1n) is 7.65. The van der Waals surface area contributed by atoms with Gasteiger partial charge in [0, 0.05) is 19.3 Å². The van der Waals surface area contributed by atoms with E-state index in [1.54, 1.807) is 0 Å². The Morgan fingerprint density at radius 1 is 1.20 bits per heavy atom. The number of hydrogen-bond donors (Lipinski definition) is 2. The van der Waals surface area contributed by atoms with Gasteiger partial charge in [0.1, 0.15) is 0 Å². The molecular weight excluding hydrogens is 248 g/mol. The third-order valence-electron chi connectivity index (χ3n) is 4.29. The van der Waals surface area contributed by atoms with E-state index in [1.165, 1.54) is 11.1 Å². The molecule has 1 heterocycles. The first-order chi connectivity index (χ1) is 9.50. The van der Waals surface area contributed by atoms with Crippen LogP contribution < -0.4 is 11.3 Å². The van der Waals surface area contributed by atoms with Gasteiger partial charge in [-0.15, -0.1) is 0 Å². The third kappa shape index (κ3) is 4.05. The normalized spacial score (nSPS) is 19.0. The summed E-state index contributed by atoms with van der Waals surface area (Å²) in [4.78, 5) is 0. The first kappa shape index (κ1) is 15.5. The van der Waals surface area contributed by atoms with E-state index in [9.17, 15) is 0 Å². The number of hydrogen-bond acceptors (Lipinski definition) is 3. The van der Waals surface area contributed by atoms with E-state index < -0.39 is 0 Å². The van der Waals surface area contributed by atoms with Gasteiger partial charge in [-0.25, -0.2) is 0 Å². The summed E-state index contributed by atoms with van der Waals surface area (Å²) in [5, 5.41) is 0. The molecule has 0 spiro atoms. The SMILES string of the molecule is CC(C)(C)c1ccc(C(CC2CCOCC2)NN)cc1. The molecule has 0 bridgehead atoms. The monoisotopic (exact) mass is 276 g/mol. The predicted molar refractivity (Wildman–Crippen MR) is 83.4 cm³/mol. The van der Waals surface area contributed by atoms with Crippen molar-refractivity contribution in [2.75, 3.05) is 13.2 Å². The van der Waals surface area contributed by atoms with Gasteiger partial charge < -0.3 is 4.74 Å². The lowest BCUT2D eigenvalue weighted by Gasteiger charge is -2.27. The fourth-order valence-corrected chi connectivity index (χ4v) is 2.83. The van der Waals surface area contributed by atoms with Crippen molar-refractivity contribution in [3.8, 4) is 0 Å². The molecule has 1 aromatic rings. The summed E-state index contributed by atoms with van der Waals surface area (Å²) in [6, 6.07) is 9.12. The molecule has 0 radical (unpaired) electrons. The Hall–Kier alpha value is -0.900. The molecule has 112 valence electrons. The summed E-state index contributed by atoms with van der Waals surface area (Å²) in [5.74, 6) is 6.48. The van der Waals surface area contributed by atoms with Crippen LogP contribution in [-0.4, -0.2) is 13.2 Å². The van der Waals surface area contributed by atoms with Crippen LogP contribution in [0.4, 0.5) is 0 Å². The highest BCUT2D eigenvalue weighted by Crippen LogP contribution is 2.29. The molecule has 0 saturated carbocycles. The minimum absolute atomic E-state index is 0.199. The van der Waals surface area contributed by atoms with Crippen LogP contribution in [0.2, 0.25) is 0 Å². The summed E-state index contributed by atoms with van der Waals surface area (Å²) < 4.78 is 5.42. The Morgan fingerprint density at radius 3 is 2.30 bits per heavy atom. The maximum absolute atomic E-state index is 5.76. The van der Waals surface area contributed by atoms with Gasteiger partial charge in [0.15, 0.2) is 0 Å². The Balaban J connectivity index is 2.03. The van der Waals surface area contributed by atoms with Gasteiger partial charge in [0.2, 0.25) is 0 Å². The highest BCUT2D eigenvalue weighted by Gasteiger charge is 2.20. The molecule has 0 aliphatic carbocycles. The van der Waals surface area contributed by atoms with Gasteiger partial charge in [-0.3, -0.25) is 11.3 Å². The van der Waals surface area contributed by atoms with Crippen molar-refractivity contribution < 1.29 is 4.74 Å². The predicted octanol–water partition coefficient (Wildman–Crippen LogP) is 3.31. The minimum Gasteiger partial charge on any atom is -0.381 e. The lowest BCUT2D eigenvalue weighted by atomic mass is 9.85. The maximum Gasteiger partial charge on any atom is 0.0468 e. The highest BCUT2D eigenvalue weighted by molar-refractivity contribution is 5.29. The van der Waals surface area contributed by atoms with Crippen molar-refractivity contribution in [3.63, 3.8) is 0 Å². The molecule has 0 amide bonds. The number of nitrogens with one attached hydrogen (secondary N) is 1. The van der Waals surface area contributed by atoms with E-state index in [-0.39, 0.29) is 11.5 Å². The molecule has 3 N–H and O–H groups in total. The molecular formula is C17H28N2O. The van der Waals surface area contributed by atoms with Crippen LogP contribution in [0, 0.1) is 5.92 Å². The fourth-order valence-electron chi connectivity index (χ4n) is 2.83. The van der Waals surface area contributed by atoms with Crippen molar-refractivity contribution in [1.29, 1.82) is 0 Å². The van der Waals surface area contributed by atoms with E-state index in [0.717, 1.165) is 32.5 Å². The van der Waals surface area contributed by atoms with Crippen LogP contribution in [0.3, 0.4) is 0 Å². The van der Waals surface area contributed by atoms with Crippen molar-refractivity contribution >= 4 is 0 Å². The Kier molecular flexibility index (Phi) is 5.19. The van der Waals surface area contributed by atoms with Crippen LogP contribution in [-0.2, 0) is 10.2 Å². The zero-order valence-corrected chi connectivity index (χ0v) is 13.0. The molecule has 2 rings (SSSR count). The number of hydrazine groups is 1. The molecule has 1 saturated heterocycles. The second-order valence-corrected chi connectivity index (χ2v) is 6.88. The number of rotatable bonds is 4. The lowest BCUT2D eigenvalue weighted by molar-refractivity contribution is 0.0605. The molecule has 20 heavy (non-hydrogen) atoms. The van der Waals surface area contributed by atoms with Gasteiger partial charge in [0.05, 0.1) is 0 Å². The van der Waals surface area contributed by atoms with Gasteiger partial charge in [-0.05, 0) is 41.7 Å². The molecule has 3 heteroatoms. The molecule has 1 unspecified atom stereocenters. The second kappa shape index (κ2) is 6.70. The average molecular weight is 276 g/mol. The first-order valence-corrected chi connectivity index (χ1v) is 7.65. The molecule has 0 aromatic heterocycles. The molecule has 1 aromatic carbocycles.